The number of carbonyl (C=O) groups is 2. The molecule has 4 nitrogen and oxygen atoms in total. The van der Waals surface area contributed by atoms with Crippen LogP contribution in [0.2, 0.25) is 0 Å². The smallest absolute Gasteiger partial charge is 0.224 e. The molecule has 1 aliphatic heterocycles. The molecule has 2 rings (SSSR count). The normalized spacial score (nSPS) is 15.0. The number of likely N-dealkylation sites (tertiary alicyclic amines) is 1. The largest absolute Gasteiger partial charge is 0.343 e. The van der Waals surface area contributed by atoms with Crippen molar-refractivity contribution in [3.05, 3.63) is 35.6 Å². The Morgan fingerprint density at radius 2 is 1.67 bits per heavy atom. The number of halogens is 1. The van der Waals surface area contributed by atoms with Crippen LogP contribution in [-0.2, 0) is 16.0 Å². The van der Waals surface area contributed by atoms with E-state index in [2.05, 4.69) is 0 Å². The molecule has 0 aromatic heterocycles. The van der Waals surface area contributed by atoms with Crippen LogP contribution in [0, 0.1) is 5.82 Å². The summed E-state index contributed by atoms with van der Waals surface area (Å²) in [7, 11) is 0. The zero-order valence-corrected chi connectivity index (χ0v) is 14.5. The van der Waals surface area contributed by atoms with Crippen LogP contribution in [0.15, 0.2) is 24.3 Å². The van der Waals surface area contributed by atoms with Gasteiger partial charge in [-0.25, -0.2) is 4.39 Å². The minimum atomic E-state index is -0.259. The molecule has 5 heteroatoms. The molecular formula is C19H27FN2O2. The van der Waals surface area contributed by atoms with E-state index >= 15 is 0 Å². The van der Waals surface area contributed by atoms with Crippen molar-refractivity contribution in [1.29, 1.82) is 0 Å². The summed E-state index contributed by atoms with van der Waals surface area (Å²) < 4.78 is 12.9. The highest BCUT2D eigenvalue weighted by Crippen LogP contribution is 2.11. The molecule has 0 unspecified atom stereocenters. The molecule has 0 spiro atoms. The van der Waals surface area contributed by atoms with Crippen LogP contribution < -0.4 is 0 Å². The third-order valence-corrected chi connectivity index (χ3v) is 4.58. The zero-order chi connectivity index (χ0) is 17.4. The van der Waals surface area contributed by atoms with Crippen molar-refractivity contribution >= 4 is 11.8 Å². The first-order chi connectivity index (χ1) is 11.6. The lowest BCUT2D eigenvalue weighted by Crippen LogP contribution is -2.37. The summed E-state index contributed by atoms with van der Waals surface area (Å²) in [6, 6.07) is 6.32. The Bertz CT molecular complexity index is 537. The molecule has 0 N–H and O–H groups in total. The van der Waals surface area contributed by atoms with Gasteiger partial charge in [-0.1, -0.05) is 25.0 Å². The van der Waals surface area contributed by atoms with Crippen LogP contribution in [0.3, 0.4) is 0 Å². The van der Waals surface area contributed by atoms with Gasteiger partial charge in [0.15, 0.2) is 0 Å². The molecule has 0 aliphatic carbocycles. The molecule has 1 saturated heterocycles. The summed E-state index contributed by atoms with van der Waals surface area (Å²) in [5, 5.41) is 0. The lowest BCUT2D eigenvalue weighted by Gasteiger charge is -2.24. The van der Waals surface area contributed by atoms with Crippen molar-refractivity contribution in [2.24, 2.45) is 0 Å². The van der Waals surface area contributed by atoms with Crippen molar-refractivity contribution in [2.75, 3.05) is 26.2 Å². The van der Waals surface area contributed by atoms with E-state index in [1.807, 2.05) is 4.90 Å². The third kappa shape index (κ3) is 5.95. The molecule has 1 aromatic carbocycles. The monoisotopic (exact) mass is 334 g/mol. The topological polar surface area (TPSA) is 40.6 Å². The molecule has 24 heavy (non-hydrogen) atoms. The average molecular weight is 334 g/mol. The highest BCUT2D eigenvalue weighted by Gasteiger charge is 2.17. The Labute approximate surface area is 143 Å². The maximum atomic E-state index is 12.9. The van der Waals surface area contributed by atoms with E-state index in [4.69, 9.17) is 0 Å². The van der Waals surface area contributed by atoms with Crippen LogP contribution in [0.4, 0.5) is 4.39 Å². The summed E-state index contributed by atoms with van der Waals surface area (Å²) >= 11 is 0. The fourth-order valence-corrected chi connectivity index (χ4v) is 3.05. The minimum absolute atomic E-state index is 0.0271. The number of benzene rings is 1. The minimum Gasteiger partial charge on any atom is -0.343 e. The summed E-state index contributed by atoms with van der Waals surface area (Å²) in [5.74, 6) is -0.143. The van der Waals surface area contributed by atoms with Gasteiger partial charge < -0.3 is 9.80 Å². The van der Waals surface area contributed by atoms with Gasteiger partial charge in [0.2, 0.25) is 11.8 Å². The second-order valence-corrected chi connectivity index (χ2v) is 6.43. The van der Waals surface area contributed by atoms with Gasteiger partial charge in [0, 0.05) is 39.5 Å². The van der Waals surface area contributed by atoms with Gasteiger partial charge in [0.05, 0.1) is 0 Å². The van der Waals surface area contributed by atoms with Gasteiger partial charge in [-0.2, -0.15) is 0 Å². The van der Waals surface area contributed by atoms with Crippen molar-refractivity contribution < 1.29 is 14.0 Å². The fourth-order valence-electron chi connectivity index (χ4n) is 3.05. The first kappa shape index (κ1) is 18.4. The van der Waals surface area contributed by atoms with Gasteiger partial charge in [-0.15, -0.1) is 0 Å². The van der Waals surface area contributed by atoms with Crippen molar-refractivity contribution in [2.45, 2.75) is 45.4 Å². The number of hydrogen-bond donors (Lipinski definition) is 0. The average Bonchev–Trinajstić information content (AvgIpc) is 2.85. The fraction of sp³-hybridized carbons (Fsp3) is 0.579. The maximum absolute atomic E-state index is 12.9. The van der Waals surface area contributed by atoms with E-state index in [1.165, 1.54) is 31.9 Å². The van der Waals surface area contributed by atoms with Crippen molar-refractivity contribution in [1.82, 2.24) is 9.80 Å². The summed E-state index contributed by atoms with van der Waals surface area (Å²) in [5.41, 5.74) is 0.987. The molecule has 132 valence electrons. The van der Waals surface area contributed by atoms with E-state index in [0.29, 0.717) is 25.9 Å². The Kier molecular flexibility index (Phi) is 7.22. The highest BCUT2D eigenvalue weighted by molar-refractivity contribution is 5.78. The van der Waals surface area contributed by atoms with Crippen LogP contribution in [-0.4, -0.2) is 47.8 Å². The molecule has 1 fully saturated rings. The number of hydrogen-bond acceptors (Lipinski definition) is 2. The summed E-state index contributed by atoms with van der Waals surface area (Å²) in [6.45, 7) is 4.21. The zero-order valence-electron chi connectivity index (χ0n) is 14.5. The van der Waals surface area contributed by atoms with Crippen LogP contribution in [0.1, 0.15) is 44.6 Å². The predicted molar refractivity (Wildman–Crippen MR) is 92.0 cm³/mol. The number of rotatable bonds is 6. The molecule has 0 radical (unpaired) electrons. The Morgan fingerprint density at radius 3 is 2.25 bits per heavy atom. The highest BCUT2D eigenvalue weighted by atomic mass is 19.1. The van der Waals surface area contributed by atoms with Crippen LogP contribution in [0.5, 0.6) is 0 Å². The molecule has 2 amide bonds. The lowest BCUT2D eigenvalue weighted by atomic mass is 10.1. The van der Waals surface area contributed by atoms with Gasteiger partial charge in [0.1, 0.15) is 5.82 Å². The first-order valence-corrected chi connectivity index (χ1v) is 8.84. The van der Waals surface area contributed by atoms with Crippen molar-refractivity contribution in [3.8, 4) is 0 Å². The van der Waals surface area contributed by atoms with E-state index in [9.17, 15) is 14.0 Å². The van der Waals surface area contributed by atoms with E-state index in [1.54, 1.807) is 17.0 Å². The standard InChI is InChI=1S/C19H27FN2O2/c1-16(23)21(14-10-17-6-8-18(20)9-7-17)15-11-19(24)22-12-4-2-3-5-13-22/h6-9H,2-5,10-15H2,1H3. The Balaban J connectivity index is 1.80. The Hall–Kier alpha value is -1.91. The van der Waals surface area contributed by atoms with Gasteiger partial charge >= 0.3 is 0 Å². The van der Waals surface area contributed by atoms with Gasteiger partial charge in [-0.05, 0) is 37.0 Å². The molecule has 0 bridgehead atoms. The van der Waals surface area contributed by atoms with E-state index < -0.39 is 0 Å². The Morgan fingerprint density at radius 1 is 1.04 bits per heavy atom. The van der Waals surface area contributed by atoms with Crippen LogP contribution in [0.25, 0.3) is 0 Å². The predicted octanol–water partition coefficient (Wildman–Crippen LogP) is 3.01. The molecule has 1 aromatic rings. The van der Waals surface area contributed by atoms with E-state index in [-0.39, 0.29) is 17.6 Å². The van der Waals surface area contributed by atoms with Gasteiger partial charge in [-0.3, -0.25) is 9.59 Å². The quantitative estimate of drug-likeness (QED) is 0.802. The molecule has 1 aliphatic rings. The van der Waals surface area contributed by atoms with Crippen LogP contribution >= 0.6 is 0 Å². The number of carbonyl (C=O) groups excluding carboxylic acids is 2. The molecular weight excluding hydrogens is 307 g/mol. The lowest BCUT2D eigenvalue weighted by molar-refractivity contribution is -0.133. The second-order valence-electron chi connectivity index (χ2n) is 6.43. The molecule has 1 heterocycles. The van der Waals surface area contributed by atoms with E-state index in [0.717, 1.165) is 31.5 Å². The SMILES string of the molecule is CC(=O)N(CCC(=O)N1CCCCCC1)CCc1ccc(F)cc1. The van der Waals surface area contributed by atoms with Gasteiger partial charge in [0.25, 0.3) is 0 Å². The summed E-state index contributed by atoms with van der Waals surface area (Å²) in [4.78, 5) is 27.8. The van der Waals surface area contributed by atoms with Crippen molar-refractivity contribution in [3.63, 3.8) is 0 Å². The number of amides is 2. The molecule has 0 saturated carbocycles. The number of nitrogens with zero attached hydrogens (tertiary/aromatic N) is 2. The molecule has 0 atom stereocenters. The first-order valence-electron chi connectivity index (χ1n) is 8.84. The third-order valence-electron chi connectivity index (χ3n) is 4.58. The second kappa shape index (κ2) is 9.40. The maximum Gasteiger partial charge on any atom is 0.224 e. The summed E-state index contributed by atoms with van der Waals surface area (Å²) in [6.07, 6.45) is 5.59.